The van der Waals surface area contributed by atoms with Crippen LogP contribution in [-0.4, -0.2) is 22.8 Å². The molecule has 3 aromatic rings. The van der Waals surface area contributed by atoms with Crippen LogP contribution in [0.25, 0.3) is 10.6 Å². The first kappa shape index (κ1) is 14.5. The molecule has 0 unspecified atom stereocenters. The van der Waals surface area contributed by atoms with Crippen LogP contribution in [0.1, 0.15) is 15.2 Å². The van der Waals surface area contributed by atoms with Gasteiger partial charge in [-0.15, -0.1) is 11.3 Å². The Kier molecular flexibility index (Phi) is 4.30. The summed E-state index contributed by atoms with van der Waals surface area (Å²) in [6.07, 6.45) is 1.66. The van der Waals surface area contributed by atoms with Gasteiger partial charge in [0.1, 0.15) is 9.88 Å². The van der Waals surface area contributed by atoms with Crippen molar-refractivity contribution in [2.75, 3.05) is 7.05 Å². The van der Waals surface area contributed by atoms with Gasteiger partial charge in [-0.05, 0) is 5.56 Å². The van der Waals surface area contributed by atoms with Crippen molar-refractivity contribution in [1.29, 1.82) is 0 Å². The molecule has 0 aliphatic heterocycles. The first-order chi connectivity index (χ1) is 10.7. The normalized spacial score (nSPS) is 10.4. The number of nitrogens with zero attached hydrogens (tertiary/aromatic N) is 2. The number of rotatable bonds is 4. The van der Waals surface area contributed by atoms with E-state index < -0.39 is 0 Å². The van der Waals surface area contributed by atoms with E-state index in [9.17, 15) is 4.79 Å². The van der Waals surface area contributed by atoms with Crippen LogP contribution >= 0.6 is 11.3 Å². The minimum Gasteiger partial charge on any atom is -0.337 e. The molecule has 3 rings (SSSR count). The molecule has 1 heterocycles. The van der Waals surface area contributed by atoms with Crippen LogP contribution < -0.4 is 0 Å². The number of carbonyl (C=O) groups is 1. The maximum atomic E-state index is 12.5. The first-order valence-corrected chi connectivity index (χ1v) is 7.86. The number of aromatic nitrogens is 1. The molecular formula is C18H16N2OS. The summed E-state index contributed by atoms with van der Waals surface area (Å²) in [5, 5.41) is 0.872. The average Bonchev–Trinajstić information content (AvgIpc) is 3.06. The van der Waals surface area contributed by atoms with Crippen LogP contribution in [0.4, 0.5) is 0 Å². The molecule has 0 atom stereocenters. The van der Waals surface area contributed by atoms with E-state index in [1.807, 2.05) is 67.7 Å². The lowest BCUT2D eigenvalue weighted by molar-refractivity contribution is 0.0789. The maximum absolute atomic E-state index is 12.5. The van der Waals surface area contributed by atoms with E-state index in [0.29, 0.717) is 11.4 Å². The third-order valence-electron chi connectivity index (χ3n) is 3.35. The molecule has 0 fully saturated rings. The summed E-state index contributed by atoms with van der Waals surface area (Å²) in [6.45, 7) is 0.595. The number of thiazole rings is 1. The molecule has 1 aromatic heterocycles. The SMILES string of the molecule is CN(Cc1ccccc1)C(=O)c1cnc(-c2ccccc2)s1. The second kappa shape index (κ2) is 6.54. The lowest BCUT2D eigenvalue weighted by atomic mass is 10.2. The van der Waals surface area contributed by atoms with Crippen molar-refractivity contribution in [3.63, 3.8) is 0 Å². The molecule has 0 spiro atoms. The van der Waals surface area contributed by atoms with Crippen LogP contribution in [0, 0.1) is 0 Å². The zero-order valence-corrected chi connectivity index (χ0v) is 13.1. The van der Waals surface area contributed by atoms with Crippen molar-refractivity contribution in [3.8, 4) is 10.6 Å². The van der Waals surface area contributed by atoms with Crippen molar-refractivity contribution in [3.05, 3.63) is 77.3 Å². The Bertz CT molecular complexity index is 753. The van der Waals surface area contributed by atoms with E-state index in [1.54, 1.807) is 11.1 Å². The summed E-state index contributed by atoms with van der Waals surface area (Å²) >= 11 is 1.43. The Labute approximate surface area is 133 Å². The van der Waals surface area contributed by atoms with Gasteiger partial charge in [0.2, 0.25) is 0 Å². The van der Waals surface area contributed by atoms with Crippen LogP contribution in [0.2, 0.25) is 0 Å². The minimum atomic E-state index is 0.00327. The fourth-order valence-corrected chi connectivity index (χ4v) is 3.12. The number of carbonyl (C=O) groups excluding carboxylic acids is 1. The summed E-state index contributed by atoms with van der Waals surface area (Å²) in [5.74, 6) is 0.00327. The molecule has 0 radical (unpaired) electrons. The molecule has 1 amide bonds. The molecule has 0 saturated heterocycles. The number of hydrogen-bond acceptors (Lipinski definition) is 3. The van der Waals surface area contributed by atoms with Crippen molar-refractivity contribution >= 4 is 17.2 Å². The van der Waals surface area contributed by atoms with Gasteiger partial charge in [0.25, 0.3) is 5.91 Å². The van der Waals surface area contributed by atoms with Crippen LogP contribution in [-0.2, 0) is 6.54 Å². The predicted octanol–water partition coefficient (Wildman–Crippen LogP) is 4.08. The smallest absolute Gasteiger partial charge is 0.265 e. The van der Waals surface area contributed by atoms with Crippen molar-refractivity contribution in [2.24, 2.45) is 0 Å². The highest BCUT2D eigenvalue weighted by Crippen LogP contribution is 2.25. The van der Waals surface area contributed by atoms with E-state index in [1.165, 1.54) is 11.3 Å². The van der Waals surface area contributed by atoms with Crippen LogP contribution in [0.15, 0.2) is 66.9 Å². The topological polar surface area (TPSA) is 33.2 Å². The van der Waals surface area contributed by atoms with Gasteiger partial charge in [0.15, 0.2) is 0 Å². The molecule has 0 aliphatic carbocycles. The molecule has 0 saturated carbocycles. The lowest BCUT2D eigenvalue weighted by Gasteiger charge is -2.15. The summed E-state index contributed by atoms with van der Waals surface area (Å²) in [6, 6.07) is 19.9. The lowest BCUT2D eigenvalue weighted by Crippen LogP contribution is -2.25. The average molecular weight is 308 g/mol. The molecule has 22 heavy (non-hydrogen) atoms. The quantitative estimate of drug-likeness (QED) is 0.727. The third-order valence-corrected chi connectivity index (χ3v) is 4.38. The second-order valence-electron chi connectivity index (χ2n) is 5.04. The monoisotopic (exact) mass is 308 g/mol. The van der Waals surface area contributed by atoms with E-state index in [4.69, 9.17) is 0 Å². The number of amides is 1. The second-order valence-corrected chi connectivity index (χ2v) is 6.07. The van der Waals surface area contributed by atoms with Gasteiger partial charge < -0.3 is 4.90 Å². The van der Waals surface area contributed by atoms with Crippen LogP contribution in [0.5, 0.6) is 0 Å². The van der Waals surface area contributed by atoms with E-state index >= 15 is 0 Å². The fourth-order valence-electron chi connectivity index (χ4n) is 2.20. The summed E-state index contributed by atoms with van der Waals surface area (Å²) < 4.78 is 0. The van der Waals surface area contributed by atoms with Gasteiger partial charge in [-0.25, -0.2) is 4.98 Å². The molecule has 0 aliphatic rings. The van der Waals surface area contributed by atoms with Crippen molar-refractivity contribution in [2.45, 2.75) is 6.54 Å². The predicted molar refractivity (Wildman–Crippen MR) is 89.8 cm³/mol. The van der Waals surface area contributed by atoms with Gasteiger partial charge in [-0.3, -0.25) is 4.79 Å². The Morgan fingerprint density at radius 3 is 2.36 bits per heavy atom. The summed E-state index contributed by atoms with van der Waals surface area (Å²) in [7, 11) is 1.82. The molecule has 3 nitrogen and oxygen atoms in total. The molecule has 2 aromatic carbocycles. The maximum Gasteiger partial charge on any atom is 0.265 e. The van der Waals surface area contributed by atoms with Crippen molar-refractivity contribution in [1.82, 2.24) is 9.88 Å². The Morgan fingerprint density at radius 2 is 1.68 bits per heavy atom. The fraction of sp³-hybridized carbons (Fsp3) is 0.111. The molecule has 0 bridgehead atoms. The van der Waals surface area contributed by atoms with Gasteiger partial charge in [-0.1, -0.05) is 60.7 Å². The number of hydrogen-bond donors (Lipinski definition) is 0. The highest BCUT2D eigenvalue weighted by Gasteiger charge is 2.16. The Morgan fingerprint density at radius 1 is 1.05 bits per heavy atom. The van der Waals surface area contributed by atoms with E-state index in [-0.39, 0.29) is 5.91 Å². The molecule has 110 valence electrons. The van der Waals surface area contributed by atoms with Gasteiger partial charge >= 0.3 is 0 Å². The van der Waals surface area contributed by atoms with Crippen molar-refractivity contribution < 1.29 is 4.79 Å². The molecular weight excluding hydrogens is 292 g/mol. The van der Waals surface area contributed by atoms with E-state index in [2.05, 4.69) is 4.98 Å². The van der Waals surface area contributed by atoms with Gasteiger partial charge in [-0.2, -0.15) is 0 Å². The molecule has 4 heteroatoms. The zero-order chi connectivity index (χ0) is 15.4. The molecule has 0 N–H and O–H groups in total. The van der Waals surface area contributed by atoms with Gasteiger partial charge in [0.05, 0.1) is 6.20 Å². The van der Waals surface area contributed by atoms with Gasteiger partial charge in [0, 0.05) is 19.2 Å². The zero-order valence-electron chi connectivity index (χ0n) is 12.3. The standard InChI is InChI=1S/C18H16N2OS/c1-20(13-14-8-4-2-5-9-14)18(21)16-12-19-17(22-16)15-10-6-3-7-11-15/h2-12H,13H2,1H3. The van der Waals surface area contributed by atoms with E-state index in [0.717, 1.165) is 16.1 Å². The number of benzene rings is 2. The third kappa shape index (κ3) is 3.23. The summed E-state index contributed by atoms with van der Waals surface area (Å²) in [4.78, 5) is 19.2. The minimum absolute atomic E-state index is 0.00327. The highest BCUT2D eigenvalue weighted by molar-refractivity contribution is 7.16. The highest BCUT2D eigenvalue weighted by atomic mass is 32.1. The first-order valence-electron chi connectivity index (χ1n) is 7.04. The van der Waals surface area contributed by atoms with Crippen LogP contribution in [0.3, 0.4) is 0 Å². The summed E-state index contributed by atoms with van der Waals surface area (Å²) in [5.41, 5.74) is 2.16. The largest absolute Gasteiger partial charge is 0.337 e. The Balaban J connectivity index is 1.74. The Hall–Kier alpha value is -2.46.